The van der Waals surface area contributed by atoms with E-state index >= 15 is 0 Å². The summed E-state index contributed by atoms with van der Waals surface area (Å²) in [7, 11) is 1.86. The summed E-state index contributed by atoms with van der Waals surface area (Å²) in [5, 5.41) is 6.07. The standard InChI is InChI=1S/C12H20N4O2/c1-13-11-8-18-7-10(11)12(17)15-3-2-5-16-6-4-14-9-16/h4,6,9-11,13H,2-3,5,7-8H2,1H3,(H,15,17). The maximum absolute atomic E-state index is 11.9. The fourth-order valence-electron chi connectivity index (χ4n) is 2.12. The summed E-state index contributed by atoms with van der Waals surface area (Å²) in [4.78, 5) is 15.9. The van der Waals surface area contributed by atoms with Gasteiger partial charge in [0.1, 0.15) is 0 Å². The third-order valence-corrected chi connectivity index (χ3v) is 3.24. The van der Waals surface area contributed by atoms with Gasteiger partial charge in [-0.3, -0.25) is 4.79 Å². The van der Waals surface area contributed by atoms with E-state index in [1.54, 1.807) is 12.5 Å². The summed E-state index contributed by atoms with van der Waals surface area (Å²) in [5.41, 5.74) is 0. The third kappa shape index (κ3) is 3.30. The molecular weight excluding hydrogens is 232 g/mol. The minimum atomic E-state index is -0.0664. The first-order valence-electron chi connectivity index (χ1n) is 6.29. The van der Waals surface area contributed by atoms with Gasteiger partial charge in [0.25, 0.3) is 0 Å². The highest BCUT2D eigenvalue weighted by atomic mass is 16.5. The molecule has 100 valence electrons. The molecule has 1 aliphatic rings. The largest absolute Gasteiger partial charge is 0.379 e. The van der Waals surface area contributed by atoms with Crippen LogP contribution in [0.3, 0.4) is 0 Å². The molecule has 0 spiro atoms. The number of ether oxygens (including phenoxy) is 1. The van der Waals surface area contributed by atoms with Crippen LogP contribution in [0.15, 0.2) is 18.7 Å². The molecule has 2 unspecified atom stereocenters. The maximum Gasteiger partial charge on any atom is 0.227 e. The number of carbonyl (C=O) groups is 1. The SMILES string of the molecule is CNC1COCC1C(=O)NCCCn1ccnc1. The molecular formula is C12H20N4O2. The Balaban J connectivity index is 1.65. The molecule has 6 heteroatoms. The van der Waals surface area contributed by atoms with Gasteiger partial charge in [-0.25, -0.2) is 4.98 Å². The zero-order chi connectivity index (χ0) is 12.8. The lowest BCUT2D eigenvalue weighted by atomic mass is 10.0. The van der Waals surface area contributed by atoms with E-state index in [1.807, 2.05) is 17.8 Å². The van der Waals surface area contributed by atoms with Crippen molar-refractivity contribution in [1.82, 2.24) is 20.2 Å². The van der Waals surface area contributed by atoms with Crippen LogP contribution in [0, 0.1) is 5.92 Å². The van der Waals surface area contributed by atoms with Gasteiger partial charge in [0.2, 0.25) is 5.91 Å². The Morgan fingerprint density at radius 2 is 2.44 bits per heavy atom. The van der Waals surface area contributed by atoms with E-state index in [-0.39, 0.29) is 17.9 Å². The molecule has 6 nitrogen and oxygen atoms in total. The molecule has 18 heavy (non-hydrogen) atoms. The van der Waals surface area contributed by atoms with Crippen LogP contribution in [0.4, 0.5) is 0 Å². The average Bonchev–Trinajstić information content (AvgIpc) is 3.04. The summed E-state index contributed by atoms with van der Waals surface area (Å²) < 4.78 is 7.31. The number of aryl methyl sites for hydroxylation is 1. The number of amides is 1. The zero-order valence-corrected chi connectivity index (χ0v) is 10.6. The van der Waals surface area contributed by atoms with Crippen LogP contribution >= 0.6 is 0 Å². The number of rotatable bonds is 6. The first kappa shape index (κ1) is 13.0. The maximum atomic E-state index is 11.9. The first-order valence-corrected chi connectivity index (χ1v) is 6.29. The van der Waals surface area contributed by atoms with Gasteiger partial charge < -0.3 is 19.9 Å². The number of hydrogen-bond donors (Lipinski definition) is 2. The Morgan fingerprint density at radius 3 is 3.17 bits per heavy atom. The molecule has 2 atom stereocenters. The number of nitrogens with zero attached hydrogens (tertiary/aromatic N) is 2. The fraction of sp³-hybridized carbons (Fsp3) is 0.667. The Labute approximate surface area is 107 Å². The van der Waals surface area contributed by atoms with Gasteiger partial charge in [0.05, 0.1) is 25.5 Å². The number of aromatic nitrogens is 2. The minimum Gasteiger partial charge on any atom is -0.379 e. The number of likely N-dealkylation sites (N-methyl/N-ethyl adjacent to an activating group) is 1. The normalized spacial score (nSPS) is 23.2. The average molecular weight is 252 g/mol. The van der Waals surface area contributed by atoms with Crippen molar-refractivity contribution in [1.29, 1.82) is 0 Å². The third-order valence-electron chi connectivity index (χ3n) is 3.24. The van der Waals surface area contributed by atoms with Gasteiger partial charge >= 0.3 is 0 Å². The van der Waals surface area contributed by atoms with E-state index in [1.165, 1.54) is 0 Å². The highest BCUT2D eigenvalue weighted by Gasteiger charge is 2.32. The van der Waals surface area contributed by atoms with Crippen molar-refractivity contribution in [2.24, 2.45) is 5.92 Å². The molecule has 1 amide bonds. The van der Waals surface area contributed by atoms with Crippen LogP contribution in [0.2, 0.25) is 0 Å². The van der Waals surface area contributed by atoms with E-state index in [4.69, 9.17) is 4.74 Å². The quantitative estimate of drug-likeness (QED) is 0.678. The molecule has 0 bridgehead atoms. The zero-order valence-electron chi connectivity index (χ0n) is 10.6. The summed E-state index contributed by atoms with van der Waals surface area (Å²) in [6.07, 6.45) is 6.36. The van der Waals surface area contributed by atoms with Crippen molar-refractivity contribution in [3.05, 3.63) is 18.7 Å². The molecule has 2 N–H and O–H groups in total. The highest BCUT2D eigenvalue weighted by Crippen LogP contribution is 2.13. The highest BCUT2D eigenvalue weighted by molar-refractivity contribution is 5.79. The van der Waals surface area contributed by atoms with Gasteiger partial charge in [-0.15, -0.1) is 0 Å². The molecule has 2 rings (SSSR count). The molecule has 2 heterocycles. The van der Waals surface area contributed by atoms with Gasteiger partial charge in [-0.1, -0.05) is 0 Å². The van der Waals surface area contributed by atoms with Crippen molar-refractivity contribution in [2.75, 3.05) is 26.8 Å². The minimum absolute atomic E-state index is 0.0664. The van der Waals surface area contributed by atoms with Gasteiger partial charge in [-0.2, -0.15) is 0 Å². The molecule has 1 saturated heterocycles. The second-order valence-corrected chi connectivity index (χ2v) is 4.48. The smallest absolute Gasteiger partial charge is 0.227 e. The number of hydrogen-bond acceptors (Lipinski definition) is 4. The Kier molecular flexibility index (Phi) is 4.72. The summed E-state index contributed by atoms with van der Waals surface area (Å²) in [6.45, 7) is 2.68. The first-order chi connectivity index (χ1) is 8.81. The van der Waals surface area contributed by atoms with Crippen molar-refractivity contribution in [2.45, 2.75) is 19.0 Å². The summed E-state index contributed by atoms with van der Waals surface area (Å²) in [6, 6.07) is 0.138. The van der Waals surface area contributed by atoms with E-state index in [9.17, 15) is 4.79 Å². The molecule has 1 aromatic rings. The molecule has 0 aromatic carbocycles. The Morgan fingerprint density at radius 1 is 1.56 bits per heavy atom. The Hall–Kier alpha value is -1.40. The van der Waals surface area contributed by atoms with Crippen molar-refractivity contribution >= 4 is 5.91 Å². The fourth-order valence-corrected chi connectivity index (χ4v) is 2.12. The monoisotopic (exact) mass is 252 g/mol. The summed E-state index contributed by atoms with van der Waals surface area (Å²) >= 11 is 0. The summed E-state index contributed by atoms with van der Waals surface area (Å²) in [5.74, 6) is 0.0146. The molecule has 0 radical (unpaired) electrons. The molecule has 1 aliphatic heterocycles. The van der Waals surface area contributed by atoms with Crippen LogP contribution in [0.25, 0.3) is 0 Å². The van der Waals surface area contributed by atoms with Gasteiger partial charge in [-0.05, 0) is 13.5 Å². The lowest BCUT2D eigenvalue weighted by Crippen LogP contribution is -2.42. The van der Waals surface area contributed by atoms with Gasteiger partial charge in [0.15, 0.2) is 0 Å². The Bertz CT molecular complexity index is 366. The lowest BCUT2D eigenvalue weighted by Gasteiger charge is -2.16. The number of nitrogens with one attached hydrogen (secondary N) is 2. The molecule has 1 aromatic heterocycles. The number of imidazole rings is 1. The van der Waals surface area contributed by atoms with Crippen molar-refractivity contribution in [3.8, 4) is 0 Å². The van der Waals surface area contributed by atoms with E-state index in [2.05, 4.69) is 15.6 Å². The van der Waals surface area contributed by atoms with Crippen LogP contribution in [0.1, 0.15) is 6.42 Å². The van der Waals surface area contributed by atoms with Crippen LogP contribution < -0.4 is 10.6 Å². The topological polar surface area (TPSA) is 68.2 Å². The van der Waals surface area contributed by atoms with Crippen molar-refractivity contribution < 1.29 is 9.53 Å². The molecule has 0 aliphatic carbocycles. The van der Waals surface area contributed by atoms with Crippen LogP contribution in [-0.4, -0.2) is 48.3 Å². The predicted octanol–water partition coefficient (Wildman–Crippen LogP) is -0.376. The lowest BCUT2D eigenvalue weighted by molar-refractivity contribution is -0.125. The van der Waals surface area contributed by atoms with Crippen molar-refractivity contribution in [3.63, 3.8) is 0 Å². The second-order valence-electron chi connectivity index (χ2n) is 4.48. The number of carbonyl (C=O) groups excluding carboxylic acids is 1. The van der Waals surface area contributed by atoms with Gasteiger partial charge in [0, 0.05) is 31.5 Å². The van der Waals surface area contributed by atoms with E-state index < -0.39 is 0 Å². The molecule has 0 saturated carbocycles. The predicted molar refractivity (Wildman–Crippen MR) is 67.0 cm³/mol. The molecule has 1 fully saturated rings. The van der Waals surface area contributed by atoms with Crippen LogP contribution in [-0.2, 0) is 16.1 Å². The van der Waals surface area contributed by atoms with E-state index in [0.29, 0.717) is 19.8 Å². The van der Waals surface area contributed by atoms with E-state index in [0.717, 1.165) is 13.0 Å². The second kappa shape index (κ2) is 6.51. The van der Waals surface area contributed by atoms with Crippen LogP contribution in [0.5, 0.6) is 0 Å².